The van der Waals surface area contributed by atoms with Crippen LogP contribution in [0.2, 0.25) is 0 Å². The van der Waals surface area contributed by atoms with Crippen LogP contribution in [-0.2, 0) is 13.0 Å². The van der Waals surface area contributed by atoms with E-state index >= 15 is 0 Å². The van der Waals surface area contributed by atoms with Crippen LogP contribution in [0.15, 0.2) is 48.5 Å². The van der Waals surface area contributed by atoms with Gasteiger partial charge in [0, 0.05) is 50.0 Å². The smallest absolute Gasteiger partial charge is 0.204 e. The summed E-state index contributed by atoms with van der Waals surface area (Å²) in [6.45, 7) is 8.53. The van der Waals surface area contributed by atoms with Crippen LogP contribution in [0.1, 0.15) is 38.7 Å². The summed E-state index contributed by atoms with van der Waals surface area (Å²) in [6, 6.07) is 18.3. The lowest BCUT2D eigenvalue weighted by molar-refractivity contribution is 0.194. The standard InChI is InChI=1S/C27H38N6.4ClH.H2O/c1-19(2)23(28)18-32-15-13-21(14-16-32)30-27-31-25-9-5-6-10-26(25)33(27)17-22-12-11-20-7-3-4-8-24(20)29-22;;;;;/h3-10,19,21-23,29H,11-18,28H2,1-2H3,(H,30,31);4*1H;1H2. The molecule has 11 heteroatoms. The molecule has 2 aliphatic rings. The number of nitrogens with two attached hydrogens (primary N) is 1. The number of hydrogen-bond acceptors (Lipinski definition) is 5. The van der Waals surface area contributed by atoms with E-state index in [4.69, 9.17) is 10.7 Å². The summed E-state index contributed by atoms with van der Waals surface area (Å²) in [7, 11) is 0. The Morgan fingerprint density at radius 1 is 0.974 bits per heavy atom. The number of anilines is 2. The zero-order valence-electron chi connectivity index (χ0n) is 22.1. The van der Waals surface area contributed by atoms with Crippen LogP contribution in [0, 0.1) is 5.92 Å². The number of hydrogen-bond donors (Lipinski definition) is 3. The minimum Gasteiger partial charge on any atom is -0.412 e. The van der Waals surface area contributed by atoms with Gasteiger partial charge in [-0.1, -0.05) is 44.2 Å². The lowest BCUT2D eigenvalue weighted by Crippen LogP contribution is -2.46. The number of likely N-dealkylation sites (tertiary alicyclic amines) is 1. The van der Waals surface area contributed by atoms with Crippen LogP contribution in [-0.4, -0.2) is 57.7 Å². The molecule has 1 aromatic heterocycles. The van der Waals surface area contributed by atoms with Crippen molar-refractivity contribution in [1.82, 2.24) is 14.5 Å². The highest BCUT2D eigenvalue weighted by Gasteiger charge is 2.25. The predicted octanol–water partition coefficient (Wildman–Crippen LogP) is 5.19. The van der Waals surface area contributed by atoms with Crippen molar-refractivity contribution in [3.63, 3.8) is 0 Å². The molecule has 0 saturated carbocycles. The molecule has 6 N–H and O–H groups in total. The Morgan fingerprint density at radius 3 is 2.34 bits per heavy atom. The molecule has 2 atom stereocenters. The third-order valence-corrected chi connectivity index (χ3v) is 7.44. The van der Waals surface area contributed by atoms with Crippen molar-refractivity contribution in [2.75, 3.05) is 30.3 Å². The lowest BCUT2D eigenvalue weighted by Gasteiger charge is -2.35. The highest BCUT2D eigenvalue weighted by molar-refractivity contribution is 5.86. The minimum atomic E-state index is 0. The number of piperidine rings is 1. The molecule has 2 unspecified atom stereocenters. The molecule has 0 radical (unpaired) electrons. The van der Waals surface area contributed by atoms with Crippen molar-refractivity contribution in [2.24, 2.45) is 11.7 Å². The molecule has 2 aliphatic heterocycles. The highest BCUT2D eigenvalue weighted by atomic mass is 35.5. The summed E-state index contributed by atoms with van der Waals surface area (Å²) in [5.74, 6) is 1.54. The van der Waals surface area contributed by atoms with E-state index in [0.717, 1.165) is 63.3 Å². The largest absolute Gasteiger partial charge is 0.412 e. The van der Waals surface area contributed by atoms with Gasteiger partial charge in [0.05, 0.1) is 11.0 Å². The molecule has 2 aromatic carbocycles. The molecule has 7 nitrogen and oxygen atoms in total. The average Bonchev–Trinajstić information content (AvgIpc) is 3.17. The number of nitrogens with zero attached hydrogens (tertiary/aromatic N) is 3. The van der Waals surface area contributed by atoms with Crippen molar-refractivity contribution >= 4 is 72.3 Å². The number of aromatic nitrogens is 2. The first kappa shape index (κ1) is 36.5. The Balaban J connectivity index is 0.00000274. The van der Waals surface area contributed by atoms with Crippen molar-refractivity contribution in [3.8, 4) is 0 Å². The first-order valence-electron chi connectivity index (χ1n) is 12.6. The van der Waals surface area contributed by atoms with E-state index < -0.39 is 0 Å². The number of aryl methyl sites for hydroxylation is 1. The fourth-order valence-electron chi connectivity index (χ4n) is 5.18. The van der Waals surface area contributed by atoms with Gasteiger partial charge in [-0.3, -0.25) is 0 Å². The van der Waals surface area contributed by atoms with Crippen molar-refractivity contribution in [2.45, 2.75) is 64.2 Å². The molecule has 1 saturated heterocycles. The third-order valence-electron chi connectivity index (χ3n) is 7.44. The Hall–Kier alpha value is -1.45. The van der Waals surface area contributed by atoms with Gasteiger partial charge >= 0.3 is 0 Å². The van der Waals surface area contributed by atoms with E-state index in [1.54, 1.807) is 0 Å². The first-order chi connectivity index (χ1) is 16.1. The monoisotopic (exact) mass is 608 g/mol. The maximum atomic E-state index is 6.31. The Bertz CT molecular complexity index is 1090. The molecule has 3 aromatic rings. The molecular weight excluding hydrogens is 566 g/mol. The molecule has 0 bridgehead atoms. The minimum absolute atomic E-state index is 0. The second kappa shape index (κ2) is 16.6. The number of imidazole rings is 1. The number of rotatable bonds is 7. The first-order valence-corrected chi connectivity index (χ1v) is 12.6. The molecule has 1 fully saturated rings. The molecule has 5 rings (SSSR count). The number of halogens is 4. The molecule has 38 heavy (non-hydrogen) atoms. The molecule has 3 heterocycles. The SMILES string of the molecule is CC(C)C(N)CN1CCC(Nc2nc3ccccc3n2CC2CCc3ccccc3N2)CC1.Cl.Cl.Cl.Cl.O. The van der Waals surface area contributed by atoms with Crippen LogP contribution in [0.3, 0.4) is 0 Å². The van der Waals surface area contributed by atoms with E-state index in [0.29, 0.717) is 18.0 Å². The van der Waals surface area contributed by atoms with Gasteiger partial charge in [0.15, 0.2) is 0 Å². The van der Waals surface area contributed by atoms with Gasteiger partial charge in [0.2, 0.25) is 5.95 Å². The summed E-state index contributed by atoms with van der Waals surface area (Å²) >= 11 is 0. The second-order valence-electron chi connectivity index (χ2n) is 10.2. The summed E-state index contributed by atoms with van der Waals surface area (Å²) in [5, 5.41) is 7.58. The molecule has 0 aliphatic carbocycles. The number of benzene rings is 2. The number of fused-ring (bicyclic) bond motifs is 2. The van der Waals surface area contributed by atoms with Gasteiger partial charge in [0.1, 0.15) is 0 Å². The summed E-state index contributed by atoms with van der Waals surface area (Å²) in [6.07, 6.45) is 4.52. The molecule has 0 amide bonds. The quantitative estimate of drug-likeness (QED) is 0.342. The second-order valence-corrected chi connectivity index (χ2v) is 10.2. The van der Waals surface area contributed by atoms with Gasteiger partial charge in [-0.2, -0.15) is 0 Å². The Labute approximate surface area is 251 Å². The summed E-state index contributed by atoms with van der Waals surface area (Å²) < 4.78 is 2.39. The van der Waals surface area contributed by atoms with Crippen LogP contribution in [0.4, 0.5) is 11.6 Å². The van der Waals surface area contributed by atoms with E-state index in [-0.39, 0.29) is 61.1 Å². The zero-order chi connectivity index (χ0) is 22.8. The van der Waals surface area contributed by atoms with Crippen LogP contribution in [0.25, 0.3) is 11.0 Å². The number of para-hydroxylation sites is 3. The van der Waals surface area contributed by atoms with Gasteiger partial charge in [-0.05, 0) is 55.4 Å². The van der Waals surface area contributed by atoms with Crippen molar-refractivity contribution in [3.05, 3.63) is 54.1 Å². The fourth-order valence-corrected chi connectivity index (χ4v) is 5.18. The summed E-state index contributed by atoms with van der Waals surface area (Å²) in [4.78, 5) is 7.52. The molecule has 216 valence electrons. The van der Waals surface area contributed by atoms with Crippen LogP contribution >= 0.6 is 49.6 Å². The normalized spacial score (nSPS) is 17.8. The van der Waals surface area contributed by atoms with Gasteiger partial charge in [-0.25, -0.2) is 4.98 Å². The highest BCUT2D eigenvalue weighted by Crippen LogP contribution is 2.28. The van der Waals surface area contributed by atoms with E-state index in [9.17, 15) is 0 Å². The number of nitrogens with one attached hydrogen (secondary N) is 2. The molecule has 0 spiro atoms. The Kier molecular flexibility index (Phi) is 16.0. The topological polar surface area (TPSA) is 103 Å². The van der Waals surface area contributed by atoms with E-state index in [1.165, 1.54) is 16.8 Å². The predicted molar refractivity (Wildman–Crippen MR) is 170 cm³/mol. The van der Waals surface area contributed by atoms with Gasteiger partial charge < -0.3 is 31.3 Å². The third kappa shape index (κ3) is 8.52. The van der Waals surface area contributed by atoms with Gasteiger partial charge in [-0.15, -0.1) is 49.6 Å². The summed E-state index contributed by atoms with van der Waals surface area (Å²) in [5.41, 5.74) is 11.3. The van der Waals surface area contributed by atoms with E-state index in [2.05, 4.69) is 82.5 Å². The van der Waals surface area contributed by atoms with Crippen molar-refractivity contribution in [1.29, 1.82) is 0 Å². The van der Waals surface area contributed by atoms with Crippen LogP contribution < -0.4 is 16.4 Å². The maximum absolute atomic E-state index is 6.31. The maximum Gasteiger partial charge on any atom is 0.204 e. The van der Waals surface area contributed by atoms with E-state index in [1.807, 2.05) is 0 Å². The lowest BCUT2D eigenvalue weighted by atomic mass is 9.98. The van der Waals surface area contributed by atoms with Crippen molar-refractivity contribution < 1.29 is 5.48 Å². The molecular formula is C27H44Cl4N6O. The fraction of sp³-hybridized carbons (Fsp3) is 0.519. The van der Waals surface area contributed by atoms with Crippen LogP contribution in [0.5, 0.6) is 0 Å². The van der Waals surface area contributed by atoms with Gasteiger partial charge in [0.25, 0.3) is 0 Å². The Morgan fingerprint density at radius 2 is 1.63 bits per heavy atom. The zero-order valence-corrected chi connectivity index (χ0v) is 25.4. The average molecular weight is 611 g/mol.